The van der Waals surface area contributed by atoms with Gasteiger partial charge in [0.05, 0.1) is 12.8 Å². The van der Waals surface area contributed by atoms with Gasteiger partial charge in [-0.25, -0.2) is 0 Å². The molecule has 0 aliphatic heterocycles. The van der Waals surface area contributed by atoms with Gasteiger partial charge >= 0.3 is 6.18 Å². The van der Waals surface area contributed by atoms with Crippen LogP contribution in [0, 0.1) is 11.8 Å². The molecule has 0 bridgehead atoms. The van der Waals surface area contributed by atoms with Gasteiger partial charge in [-0.2, -0.15) is 13.2 Å². The van der Waals surface area contributed by atoms with Gasteiger partial charge in [0.2, 0.25) is 0 Å². The van der Waals surface area contributed by atoms with Crippen molar-refractivity contribution in [1.29, 1.82) is 0 Å². The lowest BCUT2D eigenvalue weighted by atomic mass is 10.2. The number of halogens is 3. The molecule has 92 valence electrons. The number of rotatable bonds is 3. The van der Waals surface area contributed by atoms with E-state index in [2.05, 4.69) is 21.6 Å². The third-order valence-electron chi connectivity index (χ3n) is 1.59. The Labute approximate surface area is 96.2 Å². The Hall–Kier alpha value is -1.74. The van der Waals surface area contributed by atoms with Crippen molar-refractivity contribution in [1.82, 2.24) is 4.98 Å². The van der Waals surface area contributed by atoms with Crippen LogP contribution in [0.5, 0.6) is 5.75 Å². The number of alkyl halides is 3. The fourth-order valence-corrected chi connectivity index (χ4v) is 0.952. The van der Waals surface area contributed by atoms with E-state index in [1.165, 1.54) is 18.5 Å². The molecule has 6 heteroatoms. The van der Waals surface area contributed by atoms with Crippen molar-refractivity contribution in [2.24, 2.45) is 0 Å². The summed E-state index contributed by atoms with van der Waals surface area (Å²) in [5, 5.41) is 8.50. The van der Waals surface area contributed by atoms with Crippen LogP contribution in [0.25, 0.3) is 0 Å². The van der Waals surface area contributed by atoms with E-state index in [-0.39, 0.29) is 12.4 Å². The van der Waals surface area contributed by atoms with Gasteiger partial charge in [0.15, 0.2) is 6.61 Å². The second-order valence-electron chi connectivity index (χ2n) is 3.09. The normalized spacial score (nSPS) is 10.6. The van der Waals surface area contributed by atoms with Crippen LogP contribution >= 0.6 is 0 Å². The van der Waals surface area contributed by atoms with E-state index < -0.39 is 12.8 Å². The van der Waals surface area contributed by atoms with E-state index in [1.54, 1.807) is 0 Å². The number of nitrogens with zero attached hydrogens (tertiary/aromatic N) is 1. The van der Waals surface area contributed by atoms with Gasteiger partial charge in [-0.05, 0) is 6.07 Å². The minimum Gasteiger partial charge on any atom is -0.482 e. The monoisotopic (exact) mass is 245 g/mol. The van der Waals surface area contributed by atoms with Crippen LogP contribution in [0.15, 0.2) is 18.5 Å². The van der Waals surface area contributed by atoms with Crippen LogP contribution < -0.4 is 4.74 Å². The zero-order chi connectivity index (χ0) is 12.7. The lowest BCUT2D eigenvalue weighted by Crippen LogP contribution is -2.19. The molecule has 1 aromatic rings. The smallest absolute Gasteiger partial charge is 0.422 e. The predicted molar refractivity (Wildman–Crippen MR) is 54.4 cm³/mol. The molecule has 17 heavy (non-hydrogen) atoms. The van der Waals surface area contributed by atoms with Gasteiger partial charge < -0.3 is 9.84 Å². The molecule has 0 saturated heterocycles. The van der Waals surface area contributed by atoms with E-state index >= 15 is 0 Å². The quantitative estimate of drug-likeness (QED) is 0.825. The summed E-state index contributed by atoms with van der Waals surface area (Å²) < 4.78 is 40.2. The Bertz CT molecular complexity index is 421. The first-order chi connectivity index (χ1) is 8.01. The van der Waals surface area contributed by atoms with Gasteiger partial charge in [-0.1, -0.05) is 11.8 Å². The first-order valence-electron chi connectivity index (χ1n) is 4.75. The summed E-state index contributed by atoms with van der Waals surface area (Å²) in [7, 11) is 0. The molecule has 1 heterocycles. The average molecular weight is 245 g/mol. The van der Waals surface area contributed by atoms with Crippen LogP contribution in [0.4, 0.5) is 13.2 Å². The van der Waals surface area contributed by atoms with E-state index in [9.17, 15) is 13.2 Å². The second kappa shape index (κ2) is 6.11. The summed E-state index contributed by atoms with van der Waals surface area (Å²) in [6, 6.07) is 1.36. The maximum Gasteiger partial charge on any atom is 0.422 e. The van der Waals surface area contributed by atoms with Crippen LogP contribution in [-0.2, 0) is 0 Å². The van der Waals surface area contributed by atoms with Crippen molar-refractivity contribution in [3.63, 3.8) is 0 Å². The molecule has 0 saturated carbocycles. The molecule has 0 aliphatic carbocycles. The lowest BCUT2D eigenvalue weighted by molar-refractivity contribution is -0.153. The molecule has 1 aromatic heterocycles. The van der Waals surface area contributed by atoms with Crippen LogP contribution in [0.3, 0.4) is 0 Å². The molecular formula is C11H10F3NO2. The SMILES string of the molecule is OCCC#Cc1cncc(OCC(F)(F)F)c1. The number of ether oxygens (including phenoxy) is 1. The van der Waals surface area contributed by atoms with Crippen molar-refractivity contribution >= 4 is 0 Å². The van der Waals surface area contributed by atoms with E-state index in [1.807, 2.05) is 0 Å². The highest BCUT2D eigenvalue weighted by Gasteiger charge is 2.28. The van der Waals surface area contributed by atoms with Crippen molar-refractivity contribution in [3.05, 3.63) is 24.0 Å². The van der Waals surface area contributed by atoms with Gasteiger partial charge in [0, 0.05) is 18.2 Å². The summed E-state index contributed by atoms with van der Waals surface area (Å²) in [4.78, 5) is 3.71. The van der Waals surface area contributed by atoms with Crippen molar-refractivity contribution in [2.75, 3.05) is 13.2 Å². The minimum absolute atomic E-state index is 0.0122. The fourth-order valence-electron chi connectivity index (χ4n) is 0.952. The summed E-state index contributed by atoms with van der Waals surface area (Å²) in [5.74, 6) is 5.29. The summed E-state index contributed by atoms with van der Waals surface area (Å²) >= 11 is 0. The number of aliphatic hydroxyl groups excluding tert-OH is 1. The van der Waals surface area contributed by atoms with Gasteiger partial charge in [0.25, 0.3) is 0 Å². The summed E-state index contributed by atoms with van der Waals surface area (Å²) in [6.45, 7) is -1.42. The zero-order valence-electron chi connectivity index (χ0n) is 8.79. The molecule has 0 amide bonds. The first-order valence-corrected chi connectivity index (χ1v) is 4.75. The van der Waals surface area contributed by atoms with Crippen LogP contribution in [0.2, 0.25) is 0 Å². The predicted octanol–water partition coefficient (Wildman–Crippen LogP) is 1.76. The third kappa shape index (κ3) is 5.78. The first kappa shape index (κ1) is 13.3. The number of pyridine rings is 1. The minimum atomic E-state index is -4.38. The maximum absolute atomic E-state index is 11.9. The van der Waals surface area contributed by atoms with Crippen molar-refractivity contribution in [2.45, 2.75) is 12.6 Å². The molecule has 1 rings (SSSR count). The van der Waals surface area contributed by atoms with Crippen LogP contribution in [0.1, 0.15) is 12.0 Å². The molecule has 0 aliphatic rings. The second-order valence-corrected chi connectivity index (χ2v) is 3.09. The lowest BCUT2D eigenvalue weighted by Gasteiger charge is -2.08. The van der Waals surface area contributed by atoms with Crippen molar-refractivity contribution in [3.8, 4) is 17.6 Å². The highest BCUT2D eigenvalue weighted by molar-refractivity contribution is 5.36. The largest absolute Gasteiger partial charge is 0.482 e. The topological polar surface area (TPSA) is 42.4 Å². The molecule has 0 fully saturated rings. The van der Waals surface area contributed by atoms with Crippen LogP contribution in [-0.4, -0.2) is 29.5 Å². The van der Waals surface area contributed by atoms with E-state index in [0.29, 0.717) is 12.0 Å². The Morgan fingerprint density at radius 3 is 2.76 bits per heavy atom. The molecular weight excluding hydrogens is 235 g/mol. The van der Waals surface area contributed by atoms with Gasteiger partial charge in [-0.15, -0.1) is 0 Å². The molecule has 0 radical (unpaired) electrons. The number of hydrogen-bond donors (Lipinski definition) is 1. The molecule has 1 N–H and O–H groups in total. The van der Waals surface area contributed by atoms with E-state index in [4.69, 9.17) is 5.11 Å². The molecule has 3 nitrogen and oxygen atoms in total. The number of aromatic nitrogens is 1. The van der Waals surface area contributed by atoms with E-state index in [0.717, 1.165) is 0 Å². The fraction of sp³-hybridized carbons (Fsp3) is 0.364. The Morgan fingerprint density at radius 1 is 1.35 bits per heavy atom. The number of aliphatic hydroxyl groups is 1. The molecule has 0 unspecified atom stereocenters. The molecule has 0 atom stereocenters. The van der Waals surface area contributed by atoms with Gasteiger partial charge in [-0.3, -0.25) is 4.98 Å². The Morgan fingerprint density at radius 2 is 2.12 bits per heavy atom. The maximum atomic E-state index is 11.9. The zero-order valence-corrected chi connectivity index (χ0v) is 8.79. The standard InChI is InChI=1S/C11H10F3NO2/c12-11(13,14)8-17-10-5-9(6-15-7-10)3-1-2-4-16/h5-7,16H,2,4,8H2. The highest BCUT2D eigenvalue weighted by atomic mass is 19.4. The molecule has 0 spiro atoms. The van der Waals surface area contributed by atoms with Gasteiger partial charge in [0.1, 0.15) is 5.75 Å². The highest BCUT2D eigenvalue weighted by Crippen LogP contribution is 2.18. The number of hydrogen-bond acceptors (Lipinski definition) is 3. The van der Waals surface area contributed by atoms with Crippen molar-refractivity contribution < 1.29 is 23.0 Å². The molecule has 0 aromatic carbocycles. The Kier molecular flexibility index (Phi) is 4.79. The average Bonchev–Trinajstić information content (AvgIpc) is 2.27. The Balaban J connectivity index is 2.64. The summed E-state index contributed by atoms with van der Waals surface area (Å²) in [5.41, 5.74) is 0.443. The third-order valence-corrected chi connectivity index (χ3v) is 1.59. The summed E-state index contributed by atoms with van der Waals surface area (Å²) in [6.07, 6.45) is -1.49.